The lowest BCUT2D eigenvalue weighted by molar-refractivity contribution is -0.149. The molecule has 1 saturated heterocycles. The van der Waals surface area contributed by atoms with E-state index in [0.717, 1.165) is 41.7 Å². The number of nitrogens with one attached hydrogen (secondary N) is 6. The number of carbonyl (C=O) groups excluding carboxylic acids is 11. The van der Waals surface area contributed by atoms with Gasteiger partial charge >= 0.3 is 12.0 Å². The topological polar surface area (TPSA) is 327 Å². The quantitative estimate of drug-likeness (QED) is 0.0190. The zero-order valence-electron chi connectivity index (χ0n) is 58.3. The second-order valence-electron chi connectivity index (χ2n) is 26.6. The number of allylic oxidation sites excluding steroid dienone is 1. The van der Waals surface area contributed by atoms with E-state index in [4.69, 9.17) is 19.9 Å². The first-order chi connectivity index (χ1) is 44.6. The monoisotopic (exact) mass is 1320 g/mol. The van der Waals surface area contributed by atoms with Crippen LogP contribution in [0.25, 0.3) is 0 Å². The predicted octanol–water partition coefficient (Wildman–Crippen LogP) is 5.29. The van der Waals surface area contributed by atoms with Crippen LogP contribution in [-0.4, -0.2) is 201 Å². The molecule has 25 nitrogen and oxygen atoms in total. The van der Waals surface area contributed by atoms with Crippen LogP contribution in [0.4, 0.5) is 10.5 Å². The predicted molar refractivity (Wildman–Crippen MR) is 358 cm³/mol. The highest BCUT2D eigenvalue weighted by molar-refractivity contribution is 6.12. The van der Waals surface area contributed by atoms with Crippen molar-refractivity contribution in [2.24, 2.45) is 35.3 Å². The number of imide groups is 1. The molecule has 0 spiro atoms. The molecule has 1 fully saturated rings. The number of urea groups is 1. The van der Waals surface area contributed by atoms with Crippen molar-refractivity contribution in [2.45, 2.75) is 220 Å². The molecule has 526 valence electrons. The van der Waals surface area contributed by atoms with E-state index in [9.17, 15) is 52.7 Å². The van der Waals surface area contributed by atoms with Crippen molar-refractivity contribution in [3.63, 3.8) is 0 Å². The smallest absolute Gasteiger partial charge is 0.328 e. The maximum Gasteiger partial charge on any atom is 0.328 e. The number of nitrogens with two attached hydrogens (primary N) is 1. The molecule has 0 radical (unpaired) electrons. The summed E-state index contributed by atoms with van der Waals surface area (Å²) >= 11 is 0. The van der Waals surface area contributed by atoms with Crippen LogP contribution in [0.15, 0.2) is 48.1 Å². The van der Waals surface area contributed by atoms with Crippen molar-refractivity contribution < 1.29 is 67.0 Å². The van der Waals surface area contributed by atoms with Crippen molar-refractivity contribution >= 4 is 70.9 Å². The van der Waals surface area contributed by atoms with Gasteiger partial charge in [0, 0.05) is 71.7 Å². The molecule has 3 aliphatic rings. The van der Waals surface area contributed by atoms with Gasteiger partial charge in [-0.2, -0.15) is 0 Å². The van der Waals surface area contributed by atoms with Gasteiger partial charge in [0.1, 0.15) is 24.2 Å². The maximum atomic E-state index is 14.9. The SMILES string of the molecule is CCC(C)C(C(CC(=O)N1CCCC1C(OC)C(C)C(=O)NC(CC1=CCCCC1)C(=O)OC)OC)N(C)C(=O)C(NC(=O)C(C(C)C)N(C)CCc1ccc(NC(=O)C(CCCNC(N)=O)NC(=O)C(NC(=O)CCCCCN2C(=O)C=CC2=O)C(C)C)cc1)C(C)C. The third-order valence-electron chi connectivity index (χ3n) is 18.5. The molecule has 11 unspecified atom stereocenters. The Morgan fingerprint density at radius 3 is 1.96 bits per heavy atom. The molecule has 0 bridgehead atoms. The van der Waals surface area contributed by atoms with Gasteiger partial charge < -0.3 is 61.6 Å². The summed E-state index contributed by atoms with van der Waals surface area (Å²) < 4.78 is 17.2. The summed E-state index contributed by atoms with van der Waals surface area (Å²) in [6.45, 7) is 18.2. The molecule has 2 heterocycles. The lowest BCUT2D eigenvalue weighted by atomic mass is 9.89. The summed E-state index contributed by atoms with van der Waals surface area (Å²) in [5, 5.41) is 17.0. The number of amides is 11. The molecule has 1 aliphatic carbocycles. The number of carbonyl (C=O) groups is 11. The Labute approximate surface area is 557 Å². The number of likely N-dealkylation sites (N-methyl/N-ethyl adjacent to an activating group) is 2. The highest BCUT2D eigenvalue weighted by Crippen LogP contribution is 2.31. The molecule has 94 heavy (non-hydrogen) atoms. The Morgan fingerprint density at radius 2 is 1.38 bits per heavy atom. The fourth-order valence-corrected chi connectivity index (χ4v) is 12.9. The summed E-state index contributed by atoms with van der Waals surface area (Å²) in [5.74, 6) is -5.62. The Morgan fingerprint density at radius 1 is 0.723 bits per heavy atom. The lowest BCUT2D eigenvalue weighted by Crippen LogP contribution is -2.60. The van der Waals surface area contributed by atoms with Crippen LogP contribution < -0.4 is 37.6 Å². The number of rotatable bonds is 40. The largest absolute Gasteiger partial charge is 0.467 e. The molecule has 11 amide bonds. The van der Waals surface area contributed by atoms with Crippen molar-refractivity contribution in [3.05, 3.63) is 53.6 Å². The highest BCUT2D eigenvalue weighted by atomic mass is 16.5. The minimum absolute atomic E-state index is 0.0609. The van der Waals surface area contributed by atoms with Gasteiger partial charge in [0.2, 0.25) is 41.4 Å². The molecule has 25 heteroatoms. The van der Waals surface area contributed by atoms with Crippen molar-refractivity contribution in [3.8, 4) is 0 Å². The van der Waals surface area contributed by atoms with Crippen molar-refractivity contribution in [1.82, 2.24) is 46.2 Å². The number of hydrogen-bond donors (Lipinski definition) is 7. The minimum atomic E-state index is -1.06. The number of primary amides is 1. The van der Waals surface area contributed by atoms with Gasteiger partial charge in [0.25, 0.3) is 11.8 Å². The van der Waals surface area contributed by atoms with E-state index < -0.39 is 84.2 Å². The highest BCUT2D eigenvalue weighted by Gasteiger charge is 2.44. The first-order valence-electron chi connectivity index (χ1n) is 33.8. The Hall–Kier alpha value is -7.25. The van der Waals surface area contributed by atoms with Crippen LogP contribution in [0, 0.1) is 29.6 Å². The molecule has 1 aromatic carbocycles. The second kappa shape index (κ2) is 39.6. The summed E-state index contributed by atoms with van der Waals surface area (Å²) in [6.07, 6.45) is 11.9. The van der Waals surface area contributed by atoms with E-state index in [1.54, 1.807) is 49.8 Å². The third-order valence-corrected chi connectivity index (χ3v) is 18.5. The number of nitrogens with zero attached hydrogens (tertiary/aromatic N) is 4. The van der Waals surface area contributed by atoms with Gasteiger partial charge in [-0.1, -0.05) is 98.9 Å². The van der Waals surface area contributed by atoms with E-state index in [1.807, 2.05) is 65.6 Å². The van der Waals surface area contributed by atoms with E-state index in [1.165, 1.54) is 33.5 Å². The van der Waals surface area contributed by atoms with E-state index in [0.29, 0.717) is 76.6 Å². The fourth-order valence-electron chi connectivity index (χ4n) is 12.9. The van der Waals surface area contributed by atoms with E-state index in [2.05, 4.69) is 38.0 Å². The molecular formula is C69H111N11O14. The molecule has 0 aromatic heterocycles. The first-order valence-corrected chi connectivity index (χ1v) is 33.8. The summed E-state index contributed by atoms with van der Waals surface area (Å²) in [5.41, 5.74) is 7.74. The van der Waals surface area contributed by atoms with Crippen LogP contribution in [0.3, 0.4) is 0 Å². The van der Waals surface area contributed by atoms with Gasteiger partial charge in [-0.3, -0.25) is 53.0 Å². The molecule has 0 saturated carbocycles. The number of unbranched alkanes of at least 4 members (excludes halogenated alkanes) is 2. The number of benzene rings is 1. The Bertz CT molecular complexity index is 2760. The normalized spacial score (nSPS) is 18.1. The number of hydrogen-bond acceptors (Lipinski definition) is 15. The Balaban J connectivity index is 1.38. The zero-order chi connectivity index (χ0) is 69.9. The van der Waals surface area contributed by atoms with E-state index >= 15 is 0 Å². The molecule has 1 aromatic rings. The standard InChI is InChI=1S/C69H111N11O14/c1-15-45(8)61(53(92-12)41-57(84)79-38-23-27-52(79)62(93-13)46(9)63(85)74-51(68(90)94-14)40-48-24-18-16-19-25-48)78(11)67(89)59(43(4)5)76-66(88)60(44(6)7)77(10)39-35-47-29-31-49(32-30-47)72-64(86)50(26-22-36-71-69(70)91)73-65(87)58(42(2)3)75-54(81)28-20-17-21-37-80-55(82)33-34-56(80)83/h24,29-34,42-46,50-53,58-62H,15-23,25-28,35-41H2,1-14H3,(H,72,86)(H,73,87)(H,74,85)(H,75,81)(H,76,88)(H3,70,71,91). The average Bonchev–Trinajstić information content (AvgIpc) is 1.36. The van der Waals surface area contributed by atoms with Crippen molar-refractivity contribution in [1.29, 1.82) is 0 Å². The van der Waals surface area contributed by atoms with Gasteiger partial charge in [-0.15, -0.1) is 0 Å². The van der Waals surface area contributed by atoms with E-state index in [-0.39, 0.29) is 97.4 Å². The van der Waals surface area contributed by atoms with Gasteiger partial charge in [0.05, 0.1) is 49.8 Å². The molecule has 2 aliphatic heterocycles. The second-order valence-corrected chi connectivity index (χ2v) is 26.6. The summed E-state index contributed by atoms with van der Waals surface area (Å²) in [6, 6.07) is 0.983. The average molecular weight is 1320 g/mol. The van der Waals surface area contributed by atoms with Crippen LogP contribution in [0.1, 0.15) is 164 Å². The lowest BCUT2D eigenvalue weighted by Gasteiger charge is -2.41. The first kappa shape index (κ1) is 79.2. The van der Waals surface area contributed by atoms with Crippen LogP contribution >= 0.6 is 0 Å². The molecule has 4 rings (SSSR count). The van der Waals surface area contributed by atoms with Gasteiger partial charge in [-0.05, 0) is 125 Å². The number of anilines is 1. The number of methoxy groups -OCH3 is 3. The summed E-state index contributed by atoms with van der Waals surface area (Å²) in [4.78, 5) is 153. The van der Waals surface area contributed by atoms with Crippen LogP contribution in [-0.2, 0) is 68.6 Å². The molecular weight excluding hydrogens is 1210 g/mol. The van der Waals surface area contributed by atoms with Crippen molar-refractivity contribution in [2.75, 3.05) is 66.9 Å². The number of likely N-dealkylation sites (tertiary alicyclic amines) is 1. The van der Waals surface area contributed by atoms with Crippen LogP contribution in [0.2, 0.25) is 0 Å². The molecule has 8 N–H and O–H groups in total. The minimum Gasteiger partial charge on any atom is -0.467 e. The fraction of sp³-hybridized carbons (Fsp3) is 0.696. The number of esters is 1. The molecule has 11 atom stereocenters. The zero-order valence-corrected chi connectivity index (χ0v) is 58.3. The summed E-state index contributed by atoms with van der Waals surface area (Å²) in [7, 11) is 7.91. The number of ether oxygens (including phenoxy) is 3. The third kappa shape index (κ3) is 23.9. The van der Waals surface area contributed by atoms with Gasteiger partial charge in [-0.25, -0.2) is 9.59 Å². The van der Waals surface area contributed by atoms with Gasteiger partial charge in [0.15, 0.2) is 0 Å². The van der Waals surface area contributed by atoms with Crippen LogP contribution in [0.5, 0.6) is 0 Å². The Kier molecular flexibility index (Phi) is 33.3. The maximum absolute atomic E-state index is 14.9.